The van der Waals surface area contributed by atoms with E-state index in [4.69, 9.17) is 9.47 Å². The molecule has 0 radical (unpaired) electrons. The van der Waals surface area contributed by atoms with Gasteiger partial charge in [0.2, 0.25) is 0 Å². The van der Waals surface area contributed by atoms with Crippen LogP contribution in [-0.2, 0) is 9.84 Å². The maximum atomic E-state index is 12.6. The molecule has 2 aromatic carbocycles. The van der Waals surface area contributed by atoms with Gasteiger partial charge in [-0.05, 0) is 24.3 Å². The van der Waals surface area contributed by atoms with Crippen molar-refractivity contribution in [1.29, 1.82) is 0 Å². The van der Waals surface area contributed by atoms with Gasteiger partial charge in [0.25, 0.3) is 5.91 Å². The van der Waals surface area contributed by atoms with Crippen LogP contribution in [0.4, 0.5) is 11.4 Å². The Morgan fingerprint density at radius 2 is 1.70 bits per heavy atom. The number of methoxy groups -OCH3 is 2. The minimum atomic E-state index is -2.97. The average molecular weight is 448 g/mol. The van der Waals surface area contributed by atoms with Gasteiger partial charge in [-0.2, -0.15) is 0 Å². The lowest BCUT2D eigenvalue weighted by Gasteiger charge is -2.11. The van der Waals surface area contributed by atoms with E-state index in [0.717, 1.165) is 5.69 Å². The summed E-state index contributed by atoms with van der Waals surface area (Å²) in [5.74, 6) is 1.19. The van der Waals surface area contributed by atoms with Crippen LogP contribution in [0.2, 0.25) is 0 Å². The number of aliphatic imine (C=N–C) groups is 1. The molecule has 2 aliphatic rings. The fraction of sp³-hybridized carbons (Fsp3) is 0.300. The number of rotatable bonds is 5. The molecule has 4 rings (SSSR count). The predicted octanol–water partition coefficient (Wildman–Crippen LogP) is 2.64. The first-order valence-corrected chi connectivity index (χ1v) is 11.9. The molecule has 30 heavy (non-hydrogen) atoms. The Hall–Kier alpha value is -2.72. The van der Waals surface area contributed by atoms with Crippen molar-refractivity contribution >= 4 is 44.0 Å². The van der Waals surface area contributed by atoms with E-state index in [1.807, 2.05) is 0 Å². The Morgan fingerprint density at radius 1 is 1.03 bits per heavy atom. The third-order valence-electron chi connectivity index (χ3n) is 4.83. The molecule has 8 nitrogen and oxygen atoms in total. The lowest BCUT2D eigenvalue weighted by atomic mass is 10.2. The van der Waals surface area contributed by atoms with Crippen LogP contribution in [0.25, 0.3) is 0 Å². The number of carbonyl (C=O) groups is 1. The Labute approximate surface area is 179 Å². The van der Waals surface area contributed by atoms with E-state index >= 15 is 0 Å². The van der Waals surface area contributed by atoms with Gasteiger partial charge in [0, 0.05) is 40.4 Å². The van der Waals surface area contributed by atoms with E-state index < -0.39 is 9.84 Å². The molecule has 0 saturated carbocycles. The van der Waals surface area contributed by atoms with Crippen molar-refractivity contribution in [2.24, 2.45) is 4.99 Å². The van der Waals surface area contributed by atoms with Crippen molar-refractivity contribution in [3.63, 3.8) is 0 Å². The standard InChI is InChI=1S/C20H21N3O5S2/c1-27-15-7-14(8-16(9-15)28-2)21-19(24)12-3-5-13(6-4-12)22-20-23-17-10-30(25,26)11-18(17)29-20/h3-9,17-18H,10-11H2,1-2H3,(H,21,24)(H,22,23)/t17-,18-/m0/s1. The molecule has 0 unspecified atom stereocenters. The molecule has 0 bridgehead atoms. The van der Waals surface area contributed by atoms with Crippen LogP contribution in [0, 0.1) is 0 Å². The predicted molar refractivity (Wildman–Crippen MR) is 119 cm³/mol. The van der Waals surface area contributed by atoms with Gasteiger partial charge < -0.3 is 20.1 Å². The fourth-order valence-electron chi connectivity index (χ4n) is 3.33. The van der Waals surface area contributed by atoms with E-state index in [2.05, 4.69) is 15.6 Å². The Kier molecular flexibility index (Phi) is 5.61. The molecule has 1 saturated heterocycles. The molecule has 2 atom stereocenters. The third-order valence-corrected chi connectivity index (χ3v) is 7.97. The minimum Gasteiger partial charge on any atom is -0.497 e. The van der Waals surface area contributed by atoms with Crippen molar-refractivity contribution < 1.29 is 22.7 Å². The van der Waals surface area contributed by atoms with E-state index in [9.17, 15) is 13.2 Å². The second-order valence-corrected chi connectivity index (χ2v) is 10.4. The molecule has 158 valence electrons. The monoisotopic (exact) mass is 447 g/mol. The summed E-state index contributed by atoms with van der Waals surface area (Å²) in [4.78, 5) is 17.0. The lowest BCUT2D eigenvalue weighted by molar-refractivity contribution is 0.102. The minimum absolute atomic E-state index is 0.0117. The SMILES string of the molecule is COc1cc(NC(=O)c2ccc(NC3=N[C@H]4CS(=O)(=O)C[C@@H]4S3)cc2)cc(OC)c1. The Morgan fingerprint density at radius 3 is 2.30 bits per heavy atom. The highest BCUT2D eigenvalue weighted by Crippen LogP contribution is 2.34. The quantitative estimate of drug-likeness (QED) is 0.726. The van der Waals surface area contributed by atoms with Crippen LogP contribution in [0.5, 0.6) is 11.5 Å². The summed E-state index contributed by atoms with van der Waals surface area (Å²) in [6.07, 6.45) is 0. The number of amides is 1. The van der Waals surface area contributed by atoms with Crippen LogP contribution < -0.4 is 20.1 Å². The number of fused-ring (bicyclic) bond motifs is 1. The maximum absolute atomic E-state index is 12.6. The van der Waals surface area contributed by atoms with Crippen LogP contribution >= 0.6 is 11.8 Å². The summed E-state index contributed by atoms with van der Waals surface area (Å²) in [5.41, 5.74) is 1.84. The highest BCUT2D eigenvalue weighted by Gasteiger charge is 2.42. The molecular weight excluding hydrogens is 426 g/mol. The van der Waals surface area contributed by atoms with Gasteiger partial charge in [0.05, 0.1) is 31.8 Å². The Balaban J connectivity index is 1.40. The molecule has 0 spiro atoms. The highest BCUT2D eigenvalue weighted by molar-refractivity contribution is 8.15. The smallest absolute Gasteiger partial charge is 0.255 e. The second kappa shape index (κ2) is 8.19. The van der Waals surface area contributed by atoms with E-state index in [1.54, 1.807) is 56.7 Å². The number of anilines is 2. The molecule has 2 heterocycles. The zero-order chi connectivity index (χ0) is 21.3. The van der Waals surface area contributed by atoms with Crippen molar-refractivity contribution in [1.82, 2.24) is 0 Å². The molecule has 0 aromatic heterocycles. The van der Waals surface area contributed by atoms with Gasteiger partial charge in [-0.25, -0.2) is 8.42 Å². The largest absolute Gasteiger partial charge is 0.497 e. The van der Waals surface area contributed by atoms with Gasteiger partial charge in [-0.1, -0.05) is 11.8 Å². The van der Waals surface area contributed by atoms with Crippen LogP contribution in [0.15, 0.2) is 47.5 Å². The molecule has 10 heteroatoms. The van der Waals surface area contributed by atoms with Crippen molar-refractivity contribution in [2.75, 3.05) is 36.4 Å². The summed E-state index contributed by atoms with van der Waals surface area (Å²) < 4.78 is 33.7. The van der Waals surface area contributed by atoms with E-state index in [1.165, 1.54) is 11.8 Å². The number of nitrogens with one attached hydrogen (secondary N) is 2. The third kappa shape index (κ3) is 4.54. The zero-order valence-corrected chi connectivity index (χ0v) is 18.0. The number of carbonyl (C=O) groups excluding carboxylic acids is 1. The first kappa shape index (κ1) is 20.5. The second-order valence-electron chi connectivity index (χ2n) is 6.99. The average Bonchev–Trinajstić information content (AvgIpc) is 3.20. The summed E-state index contributed by atoms with van der Waals surface area (Å²) in [7, 11) is 0.126. The van der Waals surface area contributed by atoms with E-state index in [-0.39, 0.29) is 28.7 Å². The number of nitrogens with zero attached hydrogens (tertiary/aromatic N) is 1. The summed E-state index contributed by atoms with van der Waals surface area (Å²) >= 11 is 1.45. The first-order valence-electron chi connectivity index (χ1n) is 9.21. The number of sulfone groups is 1. The van der Waals surface area contributed by atoms with Crippen LogP contribution in [0.1, 0.15) is 10.4 Å². The maximum Gasteiger partial charge on any atom is 0.255 e. The number of hydrogen-bond donors (Lipinski definition) is 2. The molecule has 2 aliphatic heterocycles. The summed E-state index contributed by atoms with van der Waals surface area (Å²) in [6.45, 7) is 0. The Bertz CT molecular complexity index is 1080. The van der Waals surface area contributed by atoms with Crippen molar-refractivity contribution in [3.05, 3.63) is 48.0 Å². The molecule has 2 aromatic rings. The van der Waals surface area contributed by atoms with Gasteiger partial charge in [0.1, 0.15) is 11.5 Å². The van der Waals surface area contributed by atoms with Gasteiger partial charge in [0.15, 0.2) is 15.0 Å². The number of benzene rings is 2. The normalized spacial score (nSPS) is 21.5. The van der Waals surface area contributed by atoms with E-state index in [0.29, 0.717) is 27.9 Å². The number of amidine groups is 1. The van der Waals surface area contributed by atoms with Gasteiger partial charge in [-0.15, -0.1) is 0 Å². The molecule has 2 N–H and O–H groups in total. The first-order chi connectivity index (χ1) is 14.3. The van der Waals surface area contributed by atoms with Gasteiger partial charge in [-0.3, -0.25) is 9.79 Å². The van der Waals surface area contributed by atoms with Crippen LogP contribution in [-0.4, -0.2) is 56.5 Å². The summed E-state index contributed by atoms with van der Waals surface area (Å²) in [5, 5.41) is 6.72. The summed E-state index contributed by atoms with van der Waals surface area (Å²) in [6, 6.07) is 12.0. The highest BCUT2D eigenvalue weighted by atomic mass is 32.2. The van der Waals surface area contributed by atoms with Crippen molar-refractivity contribution in [2.45, 2.75) is 11.3 Å². The van der Waals surface area contributed by atoms with Crippen LogP contribution in [0.3, 0.4) is 0 Å². The van der Waals surface area contributed by atoms with Crippen molar-refractivity contribution in [3.8, 4) is 11.5 Å². The fourth-order valence-corrected chi connectivity index (χ4v) is 7.00. The van der Waals surface area contributed by atoms with Gasteiger partial charge >= 0.3 is 0 Å². The topological polar surface area (TPSA) is 106 Å². The molecule has 1 fully saturated rings. The lowest BCUT2D eigenvalue weighted by Crippen LogP contribution is -2.13. The molecule has 1 amide bonds. The number of ether oxygens (including phenoxy) is 2. The zero-order valence-electron chi connectivity index (χ0n) is 16.4. The molecule has 0 aliphatic carbocycles. The molecular formula is C20H21N3O5S2. The number of thioether (sulfide) groups is 1. The number of hydrogen-bond acceptors (Lipinski definition) is 8.